The molecule has 4 heteroatoms. The Balaban J connectivity index is 2.21. The molecule has 0 aromatic heterocycles. The first-order valence-electron chi connectivity index (χ1n) is 4.63. The molecule has 0 N–H and O–H groups in total. The monoisotopic (exact) mass is 205 g/mol. The molecule has 0 radical (unpaired) electrons. The Labute approximate surface area is 87.5 Å². The summed E-state index contributed by atoms with van der Waals surface area (Å²) in [5.41, 5.74) is 0.922. The minimum atomic E-state index is -0.586. The van der Waals surface area contributed by atoms with Crippen LogP contribution in [0.5, 0.6) is 0 Å². The van der Waals surface area contributed by atoms with Crippen LogP contribution in [0, 0.1) is 0 Å². The van der Waals surface area contributed by atoms with Crippen LogP contribution in [0.3, 0.4) is 0 Å². The molecule has 0 aliphatic carbocycles. The summed E-state index contributed by atoms with van der Waals surface area (Å²) in [6.07, 6.45) is 0.942. The molecule has 0 spiro atoms. The van der Waals surface area contributed by atoms with E-state index in [4.69, 9.17) is 4.74 Å². The second-order valence-electron chi connectivity index (χ2n) is 3.19. The van der Waals surface area contributed by atoms with Gasteiger partial charge in [0.2, 0.25) is 0 Å². The number of carbonyl (C=O) groups is 1. The third kappa shape index (κ3) is 1.83. The minimum Gasteiger partial charge on any atom is -0.473 e. The molecule has 0 saturated heterocycles. The molecule has 1 heterocycles. The molecule has 0 saturated carbocycles. The molecule has 2 rings (SSSR count). The van der Waals surface area contributed by atoms with Crippen molar-refractivity contribution in [2.45, 2.75) is 12.1 Å². The van der Waals surface area contributed by atoms with Crippen molar-refractivity contribution >= 4 is 12.4 Å². The molecule has 78 valence electrons. The number of benzene rings is 1. The van der Waals surface area contributed by atoms with E-state index in [0.29, 0.717) is 0 Å². The lowest BCUT2D eigenvalue weighted by Gasteiger charge is -2.15. The maximum Gasteiger partial charge on any atom is 0.334 e. The van der Waals surface area contributed by atoms with Gasteiger partial charge >= 0.3 is 5.97 Å². The summed E-state index contributed by atoms with van der Waals surface area (Å²) in [6.45, 7) is 0. The Bertz CT molecular complexity index is 375. The van der Waals surface area contributed by atoms with E-state index in [-0.39, 0.29) is 12.1 Å². The van der Waals surface area contributed by atoms with Gasteiger partial charge in [0.25, 0.3) is 0 Å². The van der Waals surface area contributed by atoms with E-state index in [9.17, 15) is 4.79 Å². The number of nitrogens with zero attached hydrogens (tertiary/aromatic N) is 1. The average molecular weight is 205 g/mol. The molecule has 1 aliphatic heterocycles. The highest BCUT2D eigenvalue weighted by Crippen LogP contribution is 2.27. The normalized spacial score (nSPS) is 23.5. The van der Waals surface area contributed by atoms with E-state index in [0.717, 1.165) is 5.56 Å². The average Bonchev–Trinajstić information content (AvgIpc) is 2.78. The zero-order valence-electron chi connectivity index (χ0n) is 8.29. The third-order valence-electron chi connectivity index (χ3n) is 2.29. The van der Waals surface area contributed by atoms with Crippen molar-refractivity contribution in [1.82, 2.24) is 0 Å². The van der Waals surface area contributed by atoms with E-state index in [1.165, 1.54) is 13.5 Å². The van der Waals surface area contributed by atoms with Gasteiger partial charge in [-0.15, -0.1) is 0 Å². The van der Waals surface area contributed by atoms with Crippen LogP contribution >= 0.6 is 0 Å². The van der Waals surface area contributed by atoms with Gasteiger partial charge in [-0.2, -0.15) is 0 Å². The van der Waals surface area contributed by atoms with Crippen LogP contribution in [0.25, 0.3) is 0 Å². The lowest BCUT2D eigenvalue weighted by atomic mass is 10.0. The zero-order valence-corrected chi connectivity index (χ0v) is 8.29. The number of hydrogen-bond donors (Lipinski definition) is 0. The van der Waals surface area contributed by atoms with Crippen LogP contribution in [0.1, 0.15) is 11.7 Å². The van der Waals surface area contributed by atoms with E-state index in [2.05, 4.69) is 9.73 Å². The number of ether oxygens (including phenoxy) is 2. The third-order valence-corrected chi connectivity index (χ3v) is 2.29. The van der Waals surface area contributed by atoms with Crippen LogP contribution in [0.2, 0.25) is 0 Å². The highest BCUT2D eigenvalue weighted by molar-refractivity contribution is 5.80. The number of hydrogen-bond acceptors (Lipinski definition) is 4. The van der Waals surface area contributed by atoms with Crippen LogP contribution in [0.4, 0.5) is 0 Å². The Morgan fingerprint density at radius 2 is 2.13 bits per heavy atom. The topological polar surface area (TPSA) is 47.9 Å². The fourth-order valence-corrected chi connectivity index (χ4v) is 1.53. The molecule has 2 atom stereocenters. The van der Waals surface area contributed by atoms with Gasteiger partial charge in [-0.25, -0.2) is 9.79 Å². The second-order valence-corrected chi connectivity index (χ2v) is 3.19. The summed E-state index contributed by atoms with van der Waals surface area (Å²) in [5.74, 6) is -0.377. The van der Waals surface area contributed by atoms with Crippen molar-refractivity contribution in [3.63, 3.8) is 0 Å². The Hall–Kier alpha value is -1.84. The Kier molecular flexibility index (Phi) is 2.67. The van der Waals surface area contributed by atoms with E-state index in [1.807, 2.05) is 30.3 Å². The van der Waals surface area contributed by atoms with Gasteiger partial charge in [0.05, 0.1) is 7.11 Å². The summed E-state index contributed by atoms with van der Waals surface area (Å²) < 4.78 is 9.94. The van der Waals surface area contributed by atoms with Gasteiger partial charge in [-0.3, -0.25) is 0 Å². The Morgan fingerprint density at radius 1 is 1.40 bits per heavy atom. The summed E-state index contributed by atoms with van der Waals surface area (Å²) in [5, 5.41) is 0. The highest BCUT2D eigenvalue weighted by atomic mass is 16.5. The number of methoxy groups -OCH3 is 1. The predicted molar refractivity (Wildman–Crippen MR) is 54.6 cm³/mol. The fourth-order valence-electron chi connectivity index (χ4n) is 1.53. The molecule has 0 amide bonds. The molecule has 0 fully saturated rings. The van der Waals surface area contributed by atoms with Crippen LogP contribution in [-0.4, -0.2) is 25.5 Å². The van der Waals surface area contributed by atoms with E-state index in [1.54, 1.807) is 0 Å². The molecule has 0 bridgehead atoms. The molecule has 1 aromatic carbocycles. The number of rotatable bonds is 2. The van der Waals surface area contributed by atoms with E-state index >= 15 is 0 Å². The summed E-state index contributed by atoms with van der Waals surface area (Å²) in [7, 11) is 1.35. The lowest BCUT2D eigenvalue weighted by molar-refractivity contribution is -0.143. The van der Waals surface area contributed by atoms with Crippen molar-refractivity contribution in [1.29, 1.82) is 0 Å². The van der Waals surface area contributed by atoms with Gasteiger partial charge < -0.3 is 9.47 Å². The lowest BCUT2D eigenvalue weighted by Crippen LogP contribution is -2.25. The first kappa shape index (κ1) is 9.71. The standard InChI is InChI=1S/C11H11NO3/c1-14-11(13)9-10(15-7-12-9)8-5-3-2-4-6-8/h2-7,9-10H,1H3/t9-,10-/m1/s1. The number of aliphatic imine (C=N–C) groups is 1. The fraction of sp³-hybridized carbons (Fsp3) is 0.273. The van der Waals surface area contributed by atoms with Crippen molar-refractivity contribution in [2.24, 2.45) is 4.99 Å². The van der Waals surface area contributed by atoms with Gasteiger partial charge in [-0.05, 0) is 5.56 Å². The van der Waals surface area contributed by atoms with Crippen molar-refractivity contribution in [3.05, 3.63) is 35.9 Å². The van der Waals surface area contributed by atoms with Gasteiger partial charge in [-0.1, -0.05) is 30.3 Å². The minimum absolute atomic E-state index is 0.362. The highest BCUT2D eigenvalue weighted by Gasteiger charge is 2.34. The van der Waals surface area contributed by atoms with Crippen LogP contribution in [-0.2, 0) is 14.3 Å². The van der Waals surface area contributed by atoms with Gasteiger partial charge in [0.15, 0.2) is 18.5 Å². The molecule has 1 aromatic rings. The second kappa shape index (κ2) is 4.13. The molecule has 15 heavy (non-hydrogen) atoms. The smallest absolute Gasteiger partial charge is 0.334 e. The van der Waals surface area contributed by atoms with Gasteiger partial charge in [0.1, 0.15) is 0 Å². The Morgan fingerprint density at radius 3 is 2.80 bits per heavy atom. The van der Waals surface area contributed by atoms with Crippen LogP contribution < -0.4 is 0 Å². The predicted octanol–water partition coefficient (Wildman–Crippen LogP) is 1.33. The molecular formula is C11H11NO3. The van der Waals surface area contributed by atoms with E-state index < -0.39 is 6.04 Å². The van der Waals surface area contributed by atoms with Crippen LogP contribution in [0.15, 0.2) is 35.3 Å². The maximum absolute atomic E-state index is 11.4. The quantitative estimate of drug-likeness (QED) is 0.684. The first-order valence-corrected chi connectivity index (χ1v) is 4.63. The van der Waals surface area contributed by atoms with Crippen molar-refractivity contribution in [3.8, 4) is 0 Å². The summed E-state index contributed by atoms with van der Waals surface area (Å²) in [4.78, 5) is 15.3. The number of esters is 1. The van der Waals surface area contributed by atoms with Gasteiger partial charge in [0, 0.05) is 0 Å². The summed E-state index contributed by atoms with van der Waals surface area (Å²) in [6, 6.07) is 8.91. The largest absolute Gasteiger partial charge is 0.473 e. The SMILES string of the molecule is COC(=O)[C@@H]1N=CO[C@@H]1c1ccccc1. The maximum atomic E-state index is 11.4. The van der Waals surface area contributed by atoms with Crippen molar-refractivity contribution in [2.75, 3.05) is 7.11 Å². The zero-order chi connectivity index (χ0) is 10.7. The number of carbonyl (C=O) groups excluding carboxylic acids is 1. The molecular weight excluding hydrogens is 194 g/mol. The first-order chi connectivity index (χ1) is 7.33. The molecule has 4 nitrogen and oxygen atoms in total. The molecule has 0 unspecified atom stereocenters. The summed E-state index contributed by atoms with van der Waals surface area (Å²) >= 11 is 0. The van der Waals surface area contributed by atoms with Crippen molar-refractivity contribution < 1.29 is 14.3 Å². The molecule has 1 aliphatic rings.